The van der Waals surface area contributed by atoms with E-state index in [0.29, 0.717) is 0 Å². The summed E-state index contributed by atoms with van der Waals surface area (Å²) in [6.45, 7) is 0. The number of para-hydroxylation sites is 1. The van der Waals surface area contributed by atoms with Crippen molar-refractivity contribution in [3.8, 4) is 22.3 Å². The summed E-state index contributed by atoms with van der Waals surface area (Å²) in [7, 11) is 0. The number of hydrogen-bond acceptors (Lipinski definition) is 1. The molecule has 0 spiro atoms. The molecule has 0 saturated carbocycles. The molecule has 0 aliphatic heterocycles. The second-order valence-corrected chi connectivity index (χ2v) is 12.1. The fraction of sp³-hybridized carbons (Fsp3) is 0. The summed E-state index contributed by atoms with van der Waals surface area (Å²) in [4.78, 5) is 2.39. The Morgan fingerprint density at radius 1 is 0.277 bits per heavy atom. The molecule has 0 bridgehead atoms. The lowest BCUT2D eigenvalue weighted by molar-refractivity contribution is 1.29. The maximum Gasteiger partial charge on any atom is 0.0540 e. The molecule has 0 fully saturated rings. The van der Waals surface area contributed by atoms with Gasteiger partial charge in [0.1, 0.15) is 0 Å². The number of benzene rings is 9. The summed E-state index contributed by atoms with van der Waals surface area (Å²) in [6.07, 6.45) is 0. The van der Waals surface area contributed by atoms with Gasteiger partial charge in [-0.15, -0.1) is 0 Å². The Hall–Kier alpha value is -6.18. The van der Waals surface area contributed by atoms with Gasteiger partial charge in [0.05, 0.1) is 5.69 Å². The monoisotopic (exact) mass is 597 g/mol. The number of nitrogens with zero attached hydrogens (tertiary/aromatic N) is 1. The SMILES string of the molecule is c1ccc(-c2ccccc2N(c2ccc(-c3cccc4c3ccc3c5ccccc5ccc43)cc2)c2ccc3ccccc3c2)cc1. The molecule has 0 amide bonds. The van der Waals surface area contributed by atoms with Crippen molar-refractivity contribution < 1.29 is 0 Å². The van der Waals surface area contributed by atoms with Crippen LogP contribution in [-0.2, 0) is 0 Å². The highest BCUT2D eigenvalue weighted by Crippen LogP contribution is 2.43. The first-order valence-electron chi connectivity index (χ1n) is 16.2. The van der Waals surface area contributed by atoms with Crippen molar-refractivity contribution in [3.63, 3.8) is 0 Å². The van der Waals surface area contributed by atoms with Crippen LogP contribution in [-0.4, -0.2) is 0 Å². The summed E-state index contributed by atoms with van der Waals surface area (Å²) < 4.78 is 0. The molecule has 0 N–H and O–H groups in total. The van der Waals surface area contributed by atoms with Crippen LogP contribution in [0.1, 0.15) is 0 Å². The van der Waals surface area contributed by atoms with Gasteiger partial charge in [0.25, 0.3) is 0 Å². The van der Waals surface area contributed by atoms with E-state index in [1.54, 1.807) is 0 Å². The van der Waals surface area contributed by atoms with Gasteiger partial charge in [-0.3, -0.25) is 0 Å². The second-order valence-electron chi connectivity index (χ2n) is 12.1. The van der Waals surface area contributed by atoms with Crippen molar-refractivity contribution >= 4 is 60.2 Å². The molecule has 0 aliphatic rings. The molecule has 220 valence electrons. The van der Waals surface area contributed by atoms with Crippen molar-refractivity contribution in [2.45, 2.75) is 0 Å². The first kappa shape index (κ1) is 27.2. The number of rotatable bonds is 5. The van der Waals surface area contributed by atoms with Crippen LogP contribution in [0.5, 0.6) is 0 Å². The van der Waals surface area contributed by atoms with Crippen molar-refractivity contribution in [1.82, 2.24) is 0 Å². The Morgan fingerprint density at radius 2 is 0.830 bits per heavy atom. The van der Waals surface area contributed by atoms with Crippen LogP contribution in [0.15, 0.2) is 188 Å². The average Bonchev–Trinajstić information content (AvgIpc) is 3.15. The first-order valence-corrected chi connectivity index (χ1v) is 16.2. The highest BCUT2D eigenvalue weighted by atomic mass is 15.1. The van der Waals surface area contributed by atoms with Gasteiger partial charge in [0.2, 0.25) is 0 Å². The highest BCUT2D eigenvalue weighted by Gasteiger charge is 2.18. The zero-order valence-electron chi connectivity index (χ0n) is 25.8. The van der Waals surface area contributed by atoms with Crippen LogP contribution >= 0.6 is 0 Å². The van der Waals surface area contributed by atoms with Gasteiger partial charge in [-0.2, -0.15) is 0 Å². The van der Waals surface area contributed by atoms with Gasteiger partial charge in [-0.05, 0) is 90.1 Å². The molecule has 0 unspecified atom stereocenters. The Labute approximate surface area is 274 Å². The van der Waals surface area contributed by atoms with E-state index in [1.807, 2.05) is 0 Å². The van der Waals surface area contributed by atoms with Crippen molar-refractivity contribution in [3.05, 3.63) is 188 Å². The van der Waals surface area contributed by atoms with E-state index in [0.717, 1.165) is 17.1 Å². The Balaban J connectivity index is 1.19. The molecule has 0 saturated heterocycles. The van der Waals surface area contributed by atoms with Crippen molar-refractivity contribution in [2.75, 3.05) is 4.90 Å². The third kappa shape index (κ3) is 4.72. The minimum Gasteiger partial charge on any atom is -0.310 e. The molecule has 0 atom stereocenters. The molecular weight excluding hydrogens is 567 g/mol. The Kier molecular flexibility index (Phi) is 6.54. The third-order valence-corrected chi connectivity index (χ3v) is 9.44. The van der Waals surface area contributed by atoms with Crippen LogP contribution in [0.3, 0.4) is 0 Å². The molecule has 0 aliphatic carbocycles. The molecule has 47 heavy (non-hydrogen) atoms. The van der Waals surface area contributed by atoms with Gasteiger partial charge >= 0.3 is 0 Å². The second kappa shape index (κ2) is 11.3. The van der Waals surface area contributed by atoms with E-state index in [4.69, 9.17) is 0 Å². The Bertz CT molecular complexity index is 2560. The lowest BCUT2D eigenvalue weighted by Crippen LogP contribution is -2.11. The third-order valence-electron chi connectivity index (χ3n) is 9.44. The molecule has 9 rings (SSSR count). The number of hydrogen-bond donors (Lipinski definition) is 0. The molecule has 1 heteroatoms. The van der Waals surface area contributed by atoms with Gasteiger partial charge in [0.15, 0.2) is 0 Å². The molecule has 0 heterocycles. The van der Waals surface area contributed by atoms with Gasteiger partial charge in [-0.25, -0.2) is 0 Å². The Morgan fingerprint density at radius 3 is 1.70 bits per heavy atom. The molecule has 9 aromatic carbocycles. The highest BCUT2D eigenvalue weighted by molar-refractivity contribution is 6.19. The lowest BCUT2D eigenvalue weighted by atomic mass is 9.92. The summed E-state index contributed by atoms with van der Waals surface area (Å²) >= 11 is 0. The van der Waals surface area contributed by atoms with Crippen LogP contribution < -0.4 is 4.90 Å². The molecular formula is C46H31N. The topological polar surface area (TPSA) is 3.24 Å². The van der Waals surface area contributed by atoms with E-state index in [9.17, 15) is 0 Å². The van der Waals surface area contributed by atoms with E-state index in [2.05, 4.69) is 193 Å². The van der Waals surface area contributed by atoms with Crippen LogP contribution in [0, 0.1) is 0 Å². The molecule has 0 radical (unpaired) electrons. The summed E-state index contributed by atoms with van der Waals surface area (Å²) in [5, 5.41) is 10.2. The smallest absolute Gasteiger partial charge is 0.0540 e. The fourth-order valence-corrected chi connectivity index (χ4v) is 7.17. The predicted octanol–water partition coefficient (Wildman–Crippen LogP) is 13.1. The van der Waals surface area contributed by atoms with Crippen LogP contribution in [0.25, 0.3) is 65.3 Å². The largest absolute Gasteiger partial charge is 0.310 e. The van der Waals surface area contributed by atoms with E-state index in [1.165, 1.54) is 65.3 Å². The quantitative estimate of drug-likeness (QED) is 0.178. The van der Waals surface area contributed by atoms with Crippen molar-refractivity contribution in [1.29, 1.82) is 0 Å². The predicted molar refractivity (Wildman–Crippen MR) is 202 cm³/mol. The summed E-state index contributed by atoms with van der Waals surface area (Å²) in [6, 6.07) is 68.2. The van der Waals surface area contributed by atoms with Gasteiger partial charge in [0, 0.05) is 16.9 Å². The van der Waals surface area contributed by atoms with E-state index in [-0.39, 0.29) is 0 Å². The van der Waals surface area contributed by atoms with E-state index < -0.39 is 0 Å². The summed E-state index contributed by atoms with van der Waals surface area (Å²) in [5.41, 5.74) is 8.22. The minimum absolute atomic E-state index is 1.12. The minimum atomic E-state index is 1.12. The standard InChI is InChI=1S/C46H31N/c1-2-12-33(13-3-1)41-17-8-9-20-46(41)47(38-27-21-32-11-4-5-15-36(32)31-38)37-25-22-35(23-26-37)40-18-10-19-42-43(40)29-30-44-39-16-7-6-14-34(39)24-28-45(42)44/h1-31H. The van der Waals surface area contributed by atoms with Crippen LogP contribution in [0.2, 0.25) is 0 Å². The van der Waals surface area contributed by atoms with Crippen molar-refractivity contribution in [2.24, 2.45) is 0 Å². The zero-order valence-corrected chi connectivity index (χ0v) is 25.8. The average molecular weight is 598 g/mol. The summed E-state index contributed by atoms with van der Waals surface area (Å²) in [5.74, 6) is 0. The van der Waals surface area contributed by atoms with Crippen LogP contribution in [0.4, 0.5) is 17.1 Å². The maximum absolute atomic E-state index is 2.39. The molecule has 0 aromatic heterocycles. The zero-order chi connectivity index (χ0) is 31.2. The molecule has 1 nitrogen and oxygen atoms in total. The number of fused-ring (bicyclic) bond motifs is 6. The van der Waals surface area contributed by atoms with Gasteiger partial charge in [-0.1, -0.05) is 158 Å². The van der Waals surface area contributed by atoms with Gasteiger partial charge < -0.3 is 4.90 Å². The molecule has 9 aromatic rings. The maximum atomic E-state index is 2.39. The lowest BCUT2D eigenvalue weighted by Gasteiger charge is -2.28. The number of anilines is 3. The first-order chi connectivity index (χ1) is 23.3. The fourth-order valence-electron chi connectivity index (χ4n) is 7.17. The van der Waals surface area contributed by atoms with E-state index >= 15 is 0 Å². The normalized spacial score (nSPS) is 11.4.